The van der Waals surface area contributed by atoms with Gasteiger partial charge in [-0.2, -0.15) is 0 Å². The Morgan fingerprint density at radius 3 is 1.64 bits per heavy atom. The second-order valence-electron chi connectivity index (χ2n) is 11.5. The van der Waals surface area contributed by atoms with Crippen LogP contribution in [0.2, 0.25) is 0 Å². The van der Waals surface area contributed by atoms with Crippen LogP contribution in [0.4, 0.5) is 17.1 Å². The molecule has 0 bridgehead atoms. The Morgan fingerprint density at radius 2 is 1.11 bits per heavy atom. The Kier molecular flexibility index (Phi) is 8.89. The molecule has 0 fully saturated rings. The predicted molar refractivity (Wildman–Crippen MR) is 187 cm³/mol. The number of hydrogen-bond acceptors (Lipinski definition) is 3. The summed E-state index contributed by atoms with van der Waals surface area (Å²) in [6, 6.07) is 51.3. The number of rotatable bonds is 9. The number of benzene rings is 6. The average molecular weight is 588 g/mol. The fraction of sp³-hybridized carbons (Fsp3) is 0.119. The van der Waals surface area contributed by atoms with Crippen LogP contribution >= 0.6 is 0 Å². The van der Waals surface area contributed by atoms with E-state index >= 15 is 0 Å². The van der Waals surface area contributed by atoms with Crippen molar-refractivity contribution < 1.29 is 9.53 Å². The van der Waals surface area contributed by atoms with Crippen molar-refractivity contribution >= 4 is 23.0 Å². The zero-order valence-corrected chi connectivity index (χ0v) is 26.0. The number of ether oxygens (including phenoxy) is 1. The second kappa shape index (κ2) is 13.5. The fourth-order valence-electron chi connectivity index (χ4n) is 5.60. The molecule has 222 valence electrons. The van der Waals surface area contributed by atoms with Gasteiger partial charge in [-0.05, 0) is 106 Å². The Hall–Kier alpha value is -5.41. The molecule has 0 atom stereocenters. The first kappa shape index (κ1) is 29.7. The molecule has 0 aromatic heterocycles. The van der Waals surface area contributed by atoms with Crippen molar-refractivity contribution in [3.05, 3.63) is 168 Å². The van der Waals surface area contributed by atoms with Crippen LogP contribution < -0.4 is 9.64 Å². The zero-order valence-electron chi connectivity index (χ0n) is 26.0. The van der Waals surface area contributed by atoms with Gasteiger partial charge >= 0.3 is 5.97 Å². The summed E-state index contributed by atoms with van der Waals surface area (Å²) < 4.78 is 5.74. The van der Waals surface area contributed by atoms with Gasteiger partial charge in [-0.15, -0.1) is 0 Å². The minimum absolute atomic E-state index is 0.373. The van der Waals surface area contributed by atoms with Crippen LogP contribution in [-0.2, 0) is 6.42 Å². The molecule has 3 nitrogen and oxygen atoms in total. The molecule has 0 spiro atoms. The Balaban J connectivity index is 1.15. The Morgan fingerprint density at radius 1 is 0.600 bits per heavy atom. The third-order valence-electron chi connectivity index (χ3n) is 8.17. The van der Waals surface area contributed by atoms with E-state index in [4.69, 9.17) is 4.74 Å². The summed E-state index contributed by atoms with van der Waals surface area (Å²) in [7, 11) is 0. The Bertz CT molecular complexity index is 1820. The SMILES string of the molecule is CCc1ccc(C(C)C)cc1-c1ccc(OC(=O)c2ccc(-c3ccc(N(c4ccccc4)c4ccccc4)cc3)cc2)cc1. The van der Waals surface area contributed by atoms with Gasteiger partial charge in [0, 0.05) is 17.1 Å². The van der Waals surface area contributed by atoms with Crippen molar-refractivity contribution in [2.45, 2.75) is 33.1 Å². The number of carbonyl (C=O) groups is 1. The van der Waals surface area contributed by atoms with Gasteiger partial charge in [0.2, 0.25) is 0 Å². The summed E-state index contributed by atoms with van der Waals surface area (Å²) in [6.07, 6.45) is 0.963. The van der Waals surface area contributed by atoms with Crippen LogP contribution in [0.25, 0.3) is 22.3 Å². The molecule has 6 aromatic rings. The maximum Gasteiger partial charge on any atom is 0.343 e. The highest BCUT2D eigenvalue weighted by Crippen LogP contribution is 2.35. The normalized spacial score (nSPS) is 10.9. The van der Waals surface area contributed by atoms with E-state index in [-0.39, 0.29) is 5.97 Å². The van der Waals surface area contributed by atoms with Crippen molar-refractivity contribution in [3.8, 4) is 28.0 Å². The smallest absolute Gasteiger partial charge is 0.343 e. The molecule has 0 aliphatic rings. The van der Waals surface area contributed by atoms with Gasteiger partial charge in [0.1, 0.15) is 5.75 Å². The van der Waals surface area contributed by atoms with E-state index in [1.54, 1.807) is 0 Å². The molecule has 0 radical (unpaired) electrons. The van der Waals surface area contributed by atoms with Gasteiger partial charge < -0.3 is 9.64 Å². The van der Waals surface area contributed by atoms with E-state index in [1.807, 2.05) is 60.7 Å². The summed E-state index contributed by atoms with van der Waals surface area (Å²) in [5.41, 5.74) is 10.9. The molecule has 0 unspecified atom stereocenters. The fourth-order valence-corrected chi connectivity index (χ4v) is 5.60. The van der Waals surface area contributed by atoms with Crippen LogP contribution in [-0.4, -0.2) is 5.97 Å². The van der Waals surface area contributed by atoms with Crippen molar-refractivity contribution in [2.24, 2.45) is 0 Å². The van der Waals surface area contributed by atoms with Gasteiger partial charge in [0.05, 0.1) is 5.56 Å². The minimum Gasteiger partial charge on any atom is -0.423 e. The van der Waals surface area contributed by atoms with Crippen molar-refractivity contribution in [1.82, 2.24) is 0 Å². The van der Waals surface area contributed by atoms with E-state index in [2.05, 4.69) is 117 Å². The summed E-state index contributed by atoms with van der Waals surface area (Å²) in [6.45, 7) is 6.60. The first-order chi connectivity index (χ1) is 22.0. The van der Waals surface area contributed by atoms with E-state index in [9.17, 15) is 4.79 Å². The number of para-hydroxylation sites is 2. The highest BCUT2D eigenvalue weighted by molar-refractivity contribution is 5.92. The molecule has 0 saturated heterocycles. The minimum atomic E-state index is -0.373. The first-order valence-electron chi connectivity index (χ1n) is 15.6. The average Bonchev–Trinajstić information content (AvgIpc) is 3.10. The molecular weight excluding hydrogens is 550 g/mol. The molecule has 0 aliphatic heterocycles. The number of esters is 1. The number of nitrogens with zero attached hydrogens (tertiary/aromatic N) is 1. The van der Waals surface area contributed by atoms with E-state index in [0.717, 1.165) is 40.2 Å². The van der Waals surface area contributed by atoms with Crippen molar-refractivity contribution in [1.29, 1.82) is 0 Å². The van der Waals surface area contributed by atoms with Gasteiger partial charge in [-0.3, -0.25) is 0 Å². The highest BCUT2D eigenvalue weighted by Gasteiger charge is 2.14. The number of anilines is 3. The third-order valence-corrected chi connectivity index (χ3v) is 8.17. The summed E-state index contributed by atoms with van der Waals surface area (Å²) in [5.74, 6) is 0.621. The Labute approximate surface area is 266 Å². The van der Waals surface area contributed by atoms with Gasteiger partial charge in [-0.25, -0.2) is 4.79 Å². The lowest BCUT2D eigenvalue weighted by Gasteiger charge is -2.25. The van der Waals surface area contributed by atoms with E-state index in [1.165, 1.54) is 16.7 Å². The van der Waals surface area contributed by atoms with Gasteiger partial charge in [-0.1, -0.05) is 112 Å². The molecule has 0 heterocycles. The molecule has 45 heavy (non-hydrogen) atoms. The second-order valence-corrected chi connectivity index (χ2v) is 11.5. The number of aryl methyl sites for hydroxylation is 1. The van der Waals surface area contributed by atoms with E-state index in [0.29, 0.717) is 17.2 Å². The highest BCUT2D eigenvalue weighted by atomic mass is 16.5. The maximum absolute atomic E-state index is 13.0. The molecule has 0 amide bonds. The van der Waals surface area contributed by atoms with Crippen molar-refractivity contribution in [3.63, 3.8) is 0 Å². The lowest BCUT2D eigenvalue weighted by molar-refractivity contribution is 0.0735. The van der Waals surface area contributed by atoms with Crippen LogP contribution in [0, 0.1) is 0 Å². The maximum atomic E-state index is 13.0. The quantitative estimate of drug-likeness (QED) is 0.124. The number of hydrogen-bond donors (Lipinski definition) is 0. The monoisotopic (exact) mass is 587 g/mol. The molecule has 0 N–H and O–H groups in total. The molecule has 6 aromatic carbocycles. The van der Waals surface area contributed by atoms with Crippen LogP contribution in [0.5, 0.6) is 5.75 Å². The molecule has 6 rings (SSSR count). The van der Waals surface area contributed by atoms with E-state index < -0.39 is 0 Å². The standard InChI is InChI=1S/C42H37NO2/c1-4-31-15-20-36(30(2)3)29-41(31)34-23-27-40(28-24-34)45-42(44)35-18-16-32(17-19-35)33-21-25-39(26-22-33)43(37-11-7-5-8-12-37)38-13-9-6-10-14-38/h5-30H,4H2,1-3H3. The summed E-state index contributed by atoms with van der Waals surface area (Å²) in [4.78, 5) is 15.2. The topological polar surface area (TPSA) is 29.5 Å². The third kappa shape index (κ3) is 6.73. The van der Waals surface area contributed by atoms with Crippen LogP contribution in [0.3, 0.4) is 0 Å². The molecule has 0 saturated carbocycles. The summed E-state index contributed by atoms with van der Waals surface area (Å²) in [5, 5.41) is 0. The molecular formula is C42H37NO2. The van der Waals surface area contributed by atoms with Gasteiger partial charge in [0.25, 0.3) is 0 Å². The first-order valence-corrected chi connectivity index (χ1v) is 15.6. The predicted octanol–water partition coefficient (Wildman–Crippen LogP) is 11.4. The van der Waals surface area contributed by atoms with Crippen molar-refractivity contribution in [2.75, 3.05) is 4.90 Å². The lowest BCUT2D eigenvalue weighted by Crippen LogP contribution is -2.09. The summed E-state index contributed by atoms with van der Waals surface area (Å²) >= 11 is 0. The molecule has 0 aliphatic carbocycles. The van der Waals surface area contributed by atoms with Crippen LogP contribution in [0.1, 0.15) is 48.2 Å². The zero-order chi connectivity index (χ0) is 31.2. The van der Waals surface area contributed by atoms with Crippen LogP contribution in [0.15, 0.2) is 152 Å². The van der Waals surface area contributed by atoms with Gasteiger partial charge in [0.15, 0.2) is 0 Å². The largest absolute Gasteiger partial charge is 0.423 e. The lowest BCUT2D eigenvalue weighted by atomic mass is 9.92. The number of carbonyl (C=O) groups excluding carboxylic acids is 1. The molecule has 3 heteroatoms.